The first-order valence-electron chi connectivity index (χ1n) is 5.75. The largest absolute Gasteiger partial charge is 0.375 e. The second-order valence-electron chi connectivity index (χ2n) is 4.13. The molecule has 2 unspecified atom stereocenters. The van der Waals surface area contributed by atoms with Crippen LogP contribution in [-0.4, -0.2) is 56.8 Å². The lowest BCUT2D eigenvalue weighted by Gasteiger charge is -2.37. The van der Waals surface area contributed by atoms with Gasteiger partial charge in [0.25, 0.3) is 0 Å². The quantitative estimate of drug-likeness (QED) is 0.747. The molecule has 1 saturated heterocycles. The van der Waals surface area contributed by atoms with Gasteiger partial charge in [0.2, 0.25) is 15.9 Å². The Morgan fingerprint density at radius 2 is 2.12 bits per heavy atom. The van der Waals surface area contributed by atoms with Gasteiger partial charge in [-0.1, -0.05) is 0 Å². The van der Waals surface area contributed by atoms with Gasteiger partial charge in [0, 0.05) is 6.54 Å². The molecule has 1 heterocycles. The van der Waals surface area contributed by atoms with Crippen LogP contribution in [0.4, 0.5) is 0 Å². The molecule has 0 spiro atoms. The summed E-state index contributed by atoms with van der Waals surface area (Å²) in [6, 6.07) is -0.0256. The van der Waals surface area contributed by atoms with Crippen LogP contribution in [0.25, 0.3) is 0 Å². The Morgan fingerprint density at radius 1 is 1.47 bits per heavy atom. The highest BCUT2D eigenvalue weighted by atomic mass is 32.2. The van der Waals surface area contributed by atoms with E-state index in [-0.39, 0.29) is 30.4 Å². The summed E-state index contributed by atoms with van der Waals surface area (Å²) in [6.45, 7) is 6.17. The smallest absolute Gasteiger partial charge is 0.238 e. The van der Waals surface area contributed by atoms with E-state index in [1.165, 1.54) is 6.92 Å². The molecule has 100 valence electrons. The number of nitrogens with zero attached hydrogens (tertiary/aromatic N) is 1. The van der Waals surface area contributed by atoms with E-state index in [1.807, 2.05) is 13.8 Å². The number of rotatable bonds is 4. The lowest BCUT2D eigenvalue weighted by atomic mass is 10.1. The van der Waals surface area contributed by atoms with Crippen LogP contribution >= 0.6 is 0 Å². The summed E-state index contributed by atoms with van der Waals surface area (Å²) in [5.41, 5.74) is 0. The fourth-order valence-electron chi connectivity index (χ4n) is 1.66. The number of carbonyl (C=O) groups excluding carboxylic acids is 1. The second-order valence-corrected chi connectivity index (χ2v) is 6.22. The number of hydrogen-bond acceptors (Lipinski definition) is 4. The summed E-state index contributed by atoms with van der Waals surface area (Å²) in [5, 5.41) is 0. The van der Waals surface area contributed by atoms with Crippen LogP contribution in [0.5, 0.6) is 0 Å². The number of hydrogen-bond donors (Lipinski definition) is 1. The molecular formula is C10H20N2O4S. The monoisotopic (exact) mass is 264 g/mol. The lowest BCUT2D eigenvalue weighted by Crippen LogP contribution is -2.53. The Kier molecular flexibility index (Phi) is 4.91. The Balaban J connectivity index is 2.53. The molecule has 0 saturated carbocycles. The molecule has 1 amide bonds. The summed E-state index contributed by atoms with van der Waals surface area (Å²) in [5.74, 6) is -0.223. The van der Waals surface area contributed by atoms with Gasteiger partial charge in [0.1, 0.15) is 0 Å². The molecule has 0 aromatic rings. The van der Waals surface area contributed by atoms with Crippen molar-refractivity contribution >= 4 is 15.9 Å². The molecule has 0 aromatic heterocycles. The molecule has 7 heteroatoms. The summed E-state index contributed by atoms with van der Waals surface area (Å²) in [7, 11) is -3.31. The standard InChI is InChI=1S/C10H20N2O4S/c1-4-17(14,15)11-7-10(13)12-5-6-16-9(3)8(12)2/h8-9,11H,4-7H2,1-3H3. The molecule has 2 atom stereocenters. The third kappa shape index (κ3) is 3.93. The van der Waals surface area contributed by atoms with Gasteiger partial charge in [-0.05, 0) is 20.8 Å². The van der Waals surface area contributed by atoms with Gasteiger partial charge in [-0.25, -0.2) is 13.1 Å². The van der Waals surface area contributed by atoms with Crippen LogP contribution in [0.15, 0.2) is 0 Å². The number of ether oxygens (including phenoxy) is 1. The SMILES string of the molecule is CCS(=O)(=O)NCC(=O)N1CCOC(C)C1C. The van der Waals surface area contributed by atoms with Crippen LogP contribution in [0.3, 0.4) is 0 Å². The first kappa shape index (κ1) is 14.4. The summed E-state index contributed by atoms with van der Waals surface area (Å²) in [4.78, 5) is 13.5. The molecule has 0 bridgehead atoms. The van der Waals surface area contributed by atoms with Gasteiger partial charge >= 0.3 is 0 Å². The van der Waals surface area contributed by atoms with Gasteiger partial charge in [0.15, 0.2) is 0 Å². The van der Waals surface area contributed by atoms with Crippen LogP contribution in [0, 0.1) is 0 Å². The van der Waals surface area contributed by atoms with Crippen molar-refractivity contribution in [3.63, 3.8) is 0 Å². The molecule has 6 nitrogen and oxygen atoms in total. The zero-order valence-electron chi connectivity index (χ0n) is 10.5. The van der Waals surface area contributed by atoms with Crippen LogP contribution in [0.2, 0.25) is 0 Å². The van der Waals surface area contributed by atoms with E-state index in [4.69, 9.17) is 4.74 Å². The highest BCUT2D eigenvalue weighted by Crippen LogP contribution is 2.13. The molecule has 1 aliphatic rings. The van der Waals surface area contributed by atoms with Crippen LogP contribution < -0.4 is 4.72 Å². The fraction of sp³-hybridized carbons (Fsp3) is 0.900. The third-order valence-corrected chi connectivity index (χ3v) is 4.37. The number of sulfonamides is 1. The lowest BCUT2D eigenvalue weighted by molar-refractivity contribution is -0.142. The van der Waals surface area contributed by atoms with E-state index >= 15 is 0 Å². The van der Waals surface area contributed by atoms with E-state index in [2.05, 4.69) is 4.72 Å². The molecule has 17 heavy (non-hydrogen) atoms. The molecule has 1 fully saturated rings. The van der Waals surface area contributed by atoms with Crippen molar-refractivity contribution in [3.05, 3.63) is 0 Å². The van der Waals surface area contributed by atoms with E-state index in [0.29, 0.717) is 13.2 Å². The predicted octanol–water partition coefficient (Wildman–Crippen LogP) is -0.438. The summed E-state index contributed by atoms with van der Waals surface area (Å²) < 4.78 is 30.1. The van der Waals surface area contributed by atoms with Gasteiger partial charge in [-0.3, -0.25) is 4.79 Å². The number of carbonyl (C=O) groups is 1. The van der Waals surface area contributed by atoms with Crippen LogP contribution in [-0.2, 0) is 19.6 Å². The van der Waals surface area contributed by atoms with Gasteiger partial charge in [0.05, 0.1) is 31.1 Å². The van der Waals surface area contributed by atoms with Crippen molar-refractivity contribution < 1.29 is 17.9 Å². The Morgan fingerprint density at radius 3 is 2.71 bits per heavy atom. The minimum absolute atomic E-state index is 0.0181. The van der Waals surface area contributed by atoms with E-state index in [0.717, 1.165) is 0 Å². The first-order chi connectivity index (χ1) is 7.87. The first-order valence-corrected chi connectivity index (χ1v) is 7.41. The zero-order chi connectivity index (χ0) is 13.1. The molecule has 0 aliphatic carbocycles. The van der Waals surface area contributed by atoms with E-state index in [1.54, 1.807) is 4.90 Å². The van der Waals surface area contributed by atoms with Crippen molar-refractivity contribution in [2.75, 3.05) is 25.4 Å². The maximum atomic E-state index is 11.9. The van der Waals surface area contributed by atoms with Crippen molar-refractivity contribution in [2.24, 2.45) is 0 Å². The molecule has 1 aliphatic heterocycles. The molecular weight excluding hydrogens is 244 g/mol. The molecule has 1 N–H and O–H groups in total. The summed E-state index contributed by atoms with van der Waals surface area (Å²) >= 11 is 0. The molecule has 1 rings (SSSR count). The second kappa shape index (κ2) is 5.79. The molecule has 0 aromatic carbocycles. The van der Waals surface area contributed by atoms with Crippen molar-refractivity contribution in [1.29, 1.82) is 0 Å². The Labute approximate surface area is 102 Å². The highest BCUT2D eigenvalue weighted by Gasteiger charge is 2.29. The molecule has 0 radical (unpaired) electrons. The Bertz CT molecular complexity index is 369. The Hall–Kier alpha value is -0.660. The topological polar surface area (TPSA) is 75.7 Å². The van der Waals surface area contributed by atoms with E-state index in [9.17, 15) is 13.2 Å². The number of morpholine rings is 1. The number of amides is 1. The predicted molar refractivity (Wildman–Crippen MR) is 64.1 cm³/mol. The van der Waals surface area contributed by atoms with Crippen LogP contribution in [0.1, 0.15) is 20.8 Å². The zero-order valence-corrected chi connectivity index (χ0v) is 11.3. The van der Waals surface area contributed by atoms with Gasteiger partial charge in [-0.2, -0.15) is 0 Å². The third-order valence-electron chi connectivity index (χ3n) is 3.03. The number of nitrogens with one attached hydrogen (secondary N) is 1. The maximum Gasteiger partial charge on any atom is 0.238 e. The average Bonchev–Trinajstić information content (AvgIpc) is 2.30. The van der Waals surface area contributed by atoms with Crippen molar-refractivity contribution in [2.45, 2.75) is 32.9 Å². The van der Waals surface area contributed by atoms with E-state index < -0.39 is 10.0 Å². The highest BCUT2D eigenvalue weighted by molar-refractivity contribution is 7.89. The fourth-order valence-corrected chi connectivity index (χ4v) is 2.21. The maximum absolute atomic E-state index is 11.9. The minimum atomic E-state index is -3.31. The average molecular weight is 264 g/mol. The normalized spacial score (nSPS) is 25.9. The van der Waals surface area contributed by atoms with Crippen molar-refractivity contribution in [1.82, 2.24) is 9.62 Å². The minimum Gasteiger partial charge on any atom is -0.375 e. The summed E-state index contributed by atoms with van der Waals surface area (Å²) in [6.07, 6.45) is -0.0181. The van der Waals surface area contributed by atoms with Gasteiger partial charge in [-0.15, -0.1) is 0 Å². The van der Waals surface area contributed by atoms with Crippen molar-refractivity contribution in [3.8, 4) is 0 Å². The van der Waals surface area contributed by atoms with Gasteiger partial charge < -0.3 is 9.64 Å².